The van der Waals surface area contributed by atoms with Crippen LogP contribution < -0.4 is 4.57 Å². The van der Waals surface area contributed by atoms with E-state index in [2.05, 4.69) is 4.98 Å². The predicted molar refractivity (Wildman–Crippen MR) is 84.0 cm³/mol. The normalized spacial score (nSPS) is 10.4. The Labute approximate surface area is 133 Å². The number of nitrogens with zero attached hydrogens (tertiary/aromatic N) is 2. The van der Waals surface area contributed by atoms with Crippen molar-refractivity contribution in [2.24, 2.45) is 0 Å². The number of rotatable bonds is 4. The molecule has 0 aliphatic heterocycles. The highest BCUT2D eigenvalue weighted by Crippen LogP contribution is 2.25. The lowest BCUT2D eigenvalue weighted by Gasteiger charge is -2.02. The number of benzene rings is 1. The van der Waals surface area contributed by atoms with Gasteiger partial charge in [0.25, 0.3) is 0 Å². The number of aromatic nitrogens is 2. The maximum Gasteiger partial charge on any atom is 0.227 e. The number of phenols is 2. The van der Waals surface area contributed by atoms with E-state index in [0.717, 1.165) is 11.3 Å². The maximum absolute atomic E-state index is 12.2. The van der Waals surface area contributed by atoms with Crippen molar-refractivity contribution in [2.75, 3.05) is 0 Å². The summed E-state index contributed by atoms with van der Waals surface area (Å²) in [6.45, 7) is 0.146. The van der Waals surface area contributed by atoms with Gasteiger partial charge in [0, 0.05) is 29.5 Å². The number of hydrogen-bond donors (Lipinski definition) is 2. The predicted octanol–water partition coefficient (Wildman–Crippen LogP) is 2.33. The molecule has 5 nitrogen and oxygen atoms in total. The van der Waals surface area contributed by atoms with Crippen LogP contribution in [0, 0.1) is 0 Å². The van der Waals surface area contributed by atoms with Gasteiger partial charge in [-0.3, -0.25) is 9.78 Å². The molecule has 0 aliphatic carbocycles. The van der Waals surface area contributed by atoms with Gasteiger partial charge in [0.2, 0.25) is 12.3 Å². The maximum atomic E-state index is 12.2. The fourth-order valence-corrected chi connectivity index (χ4v) is 2.22. The Balaban J connectivity index is 1.75. The first kappa shape index (κ1) is 14.7. The van der Waals surface area contributed by atoms with E-state index in [-0.39, 0.29) is 23.8 Å². The molecule has 0 saturated carbocycles. The molecule has 23 heavy (non-hydrogen) atoms. The summed E-state index contributed by atoms with van der Waals surface area (Å²) in [5.41, 5.74) is 2.19. The van der Waals surface area contributed by atoms with Crippen molar-refractivity contribution in [3.05, 3.63) is 72.7 Å². The Morgan fingerprint density at radius 2 is 1.78 bits per heavy atom. The standard InChI is InChI=1S/C18H14N2O3/c21-16-5-4-14(11-17(16)22)18(23)12-20-9-6-13(7-10-20)15-3-1-2-8-19-15/h1-11,19H,12H2/p+1. The molecule has 3 aromatic rings. The second-order valence-electron chi connectivity index (χ2n) is 5.10. The van der Waals surface area contributed by atoms with Crippen molar-refractivity contribution in [1.29, 1.82) is 0 Å². The van der Waals surface area contributed by atoms with Crippen LogP contribution in [-0.4, -0.2) is 21.0 Å². The van der Waals surface area contributed by atoms with E-state index in [1.54, 1.807) is 10.8 Å². The second kappa shape index (κ2) is 6.27. The van der Waals surface area contributed by atoms with Crippen molar-refractivity contribution in [3.8, 4) is 22.8 Å². The molecule has 1 aromatic carbocycles. The van der Waals surface area contributed by atoms with E-state index in [9.17, 15) is 15.0 Å². The summed E-state index contributed by atoms with van der Waals surface area (Å²) in [6, 6.07) is 13.5. The van der Waals surface area contributed by atoms with Crippen LogP contribution in [0.15, 0.2) is 67.1 Å². The summed E-state index contributed by atoms with van der Waals surface area (Å²) in [6.07, 6.45) is 5.35. The van der Waals surface area contributed by atoms with Crippen LogP contribution in [-0.2, 0) is 6.54 Å². The summed E-state index contributed by atoms with van der Waals surface area (Å²) in [4.78, 5) is 16.5. The molecule has 0 bridgehead atoms. The molecular formula is C18H15N2O3+. The molecule has 0 radical (unpaired) electrons. The topological polar surface area (TPSA) is 74.3 Å². The minimum atomic E-state index is -0.300. The van der Waals surface area contributed by atoms with Gasteiger partial charge in [0.15, 0.2) is 23.9 Å². The molecule has 0 amide bonds. The minimum Gasteiger partial charge on any atom is -0.504 e. The molecule has 0 aliphatic rings. The average Bonchev–Trinajstić information content (AvgIpc) is 2.59. The third-order valence-corrected chi connectivity index (χ3v) is 3.48. The van der Waals surface area contributed by atoms with Crippen LogP contribution in [0.5, 0.6) is 11.5 Å². The summed E-state index contributed by atoms with van der Waals surface area (Å²) in [5, 5.41) is 18.7. The highest BCUT2D eigenvalue weighted by atomic mass is 16.3. The number of hydrogen-bond acceptors (Lipinski definition) is 4. The fraction of sp³-hybridized carbons (Fsp3) is 0.0556. The molecule has 5 heteroatoms. The molecule has 2 aromatic heterocycles. The first-order valence-electron chi connectivity index (χ1n) is 7.09. The molecule has 2 heterocycles. The first-order chi connectivity index (χ1) is 11.1. The zero-order valence-corrected chi connectivity index (χ0v) is 12.3. The molecule has 0 fully saturated rings. The second-order valence-corrected chi connectivity index (χ2v) is 5.10. The molecule has 2 N–H and O–H groups in total. The van der Waals surface area contributed by atoms with Gasteiger partial charge in [0.1, 0.15) is 0 Å². The largest absolute Gasteiger partial charge is 0.504 e. The van der Waals surface area contributed by atoms with Crippen LogP contribution >= 0.6 is 0 Å². The van der Waals surface area contributed by atoms with Crippen LogP contribution in [0.25, 0.3) is 11.3 Å². The number of pyridine rings is 2. The molecule has 0 atom stereocenters. The Morgan fingerprint density at radius 3 is 2.43 bits per heavy atom. The monoisotopic (exact) mass is 307 g/mol. The van der Waals surface area contributed by atoms with Gasteiger partial charge in [0.05, 0.1) is 5.69 Å². The van der Waals surface area contributed by atoms with Gasteiger partial charge in [-0.05, 0) is 30.3 Å². The number of carbonyl (C=O) groups is 1. The van der Waals surface area contributed by atoms with Gasteiger partial charge in [-0.2, -0.15) is 4.57 Å². The summed E-state index contributed by atoms with van der Waals surface area (Å²) in [7, 11) is 0. The third kappa shape index (κ3) is 3.35. The van der Waals surface area contributed by atoms with Gasteiger partial charge >= 0.3 is 0 Å². The SMILES string of the molecule is O=C(C[n+]1ccc(-c2ccccn2)cc1)c1ccc(O)c(O)c1. The van der Waals surface area contributed by atoms with Gasteiger partial charge in [-0.25, -0.2) is 0 Å². The average molecular weight is 307 g/mol. The van der Waals surface area contributed by atoms with E-state index in [1.165, 1.54) is 18.2 Å². The van der Waals surface area contributed by atoms with Crippen molar-refractivity contribution in [2.45, 2.75) is 6.54 Å². The van der Waals surface area contributed by atoms with Crippen LogP contribution in [0.4, 0.5) is 0 Å². The first-order valence-corrected chi connectivity index (χ1v) is 7.09. The lowest BCUT2D eigenvalue weighted by Crippen LogP contribution is -2.37. The Bertz CT molecular complexity index is 831. The molecular weight excluding hydrogens is 292 g/mol. The van der Waals surface area contributed by atoms with Crippen LogP contribution in [0.2, 0.25) is 0 Å². The molecule has 0 saturated heterocycles. The third-order valence-electron chi connectivity index (χ3n) is 3.48. The Morgan fingerprint density at radius 1 is 1.00 bits per heavy atom. The van der Waals surface area contributed by atoms with E-state index in [4.69, 9.17) is 0 Å². The van der Waals surface area contributed by atoms with Gasteiger partial charge in [-0.15, -0.1) is 0 Å². The van der Waals surface area contributed by atoms with Gasteiger partial charge < -0.3 is 10.2 Å². The van der Waals surface area contributed by atoms with Gasteiger partial charge in [-0.1, -0.05) is 6.07 Å². The zero-order chi connectivity index (χ0) is 16.2. The lowest BCUT2D eigenvalue weighted by atomic mass is 10.1. The number of Topliss-reactive ketones (excluding diaryl/α,β-unsaturated/α-hetero) is 1. The number of phenolic OH excluding ortho intramolecular Hbond substituents is 2. The quantitative estimate of drug-likeness (QED) is 0.441. The minimum absolute atomic E-state index is 0.146. The Hall–Kier alpha value is -3.21. The van der Waals surface area contributed by atoms with Crippen LogP contribution in [0.1, 0.15) is 10.4 Å². The number of ketones is 1. The summed E-state index contributed by atoms with van der Waals surface area (Å²) in [5.74, 6) is -0.698. The number of carbonyl (C=O) groups excluding carboxylic acids is 1. The Kier molecular flexibility index (Phi) is 4.01. The molecule has 114 valence electrons. The molecule has 0 spiro atoms. The lowest BCUT2D eigenvalue weighted by molar-refractivity contribution is -0.683. The fourth-order valence-electron chi connectivity index (χ4n) is 2.22. The zero-order valence-electron chi connectivity index (χ0n) is 12.3. The molecule has 0 unspecified atom stereocenters. The summed E-state index contributed by atoms with van der Waals surface area (Å²) < 4.78 is 1.75. The van der Waals surface area contributed by atoms with Crippen molar-refractivity contribution < 1.29 is 19.6 Å². The van der Waals surface area contributed by atoms with E-state index < -0.39 is 0 Å². The van der Waals surface area contributed by atoms with E-state index in [0.29, 0.717) is 5.56 Å². The van der Waals surface area contributed by atoms with E-state index >= 15 is 0 Å². The molecule has 3 rings (SSSR count). The van der Waals surface area contributed by atoms with Crippen molar-refractivity contribution in [3.63, 3.8) is 0 Å². The number of aromatic hydroxyl groups is 2. The summed E-state index contributed by atoms with van der Waals surface area (Å²) >= 11 is 0. The van der Waals surface area contributed by atoms with E-state index in [1.807, 2.05) is 42.7 Å². The highest BCUT2D eigenvalue weighted by Gasteiger charge is 2.14. The highest BCUT2D eigenvalue weighted by molar-refractivity contribution is 5.95. The van der Waals surface area contributed by atoms with Crippen LogP contribution in [0.3, 0.4) is 0 Å². The van der Waals surface area contributed by atoms with Crippen molar-refractivity contribution >= 4 is 5.78 Å². The van der Waals surface area contributed by atoms with Crippen molar-refractivity contribution in [1.82, 2.24) is 4.98 Å². The smallest absolute Gasteiger partial charge is 0.227 e.